The van der Waals surface area contributed by atoms with Gasteiger partial charge in [0.05, 0.1) is 25.3 Å². The van der Waals surface area contributed by atoms with Crippen LogP contribution in [0, 0.1) is 0 Å². The molecule has 4 N–H and O–H groups in total. The highest BCUT2D eigenvalue weighted by Gasteiger charge is 2.22. The Labute approximate surface area is 107 Å². The molecule has 0 saturated carbocycles. The molecule has 0 bridgehead atoms. The third kappa shape index (κ3) is 6.29. The van der Waals surface area contributed by atoms with E-state index in [9.17, 15) is 4.79 Å². The Morgan fingerprint density at radius 1 is 1.44 bits per heavy atom. The molecule has 6 heteroatoms. The lowest BCUT2D eigenvalue weighted by Gasteiger charge is -2.25. The number of allylic oxidation sites excluding steroid dienone is 2. The average Bonchev–Trinajstić information content (AvgIpc) is 2.40. The van der Waals surface area contributed by atoms with E-state index in [2.05, 4.69) is 22.3 Å². The topological polar surface area (TPSA) is 94.0 Å². The maximum absolute atomic E-state index is 11.6. The number of hydrogen-bond donors (Lipinski definition) is 4. The molecule has 0 atom stereocenters. The van der Waals surface area contributed by atoms with E-state index in [1.807, 2.05) is 0 Å². The van der Waals surface area contributed by atoms with E-state index in [-0.39, 0.29) is 25.7 Å². The van der Waals surface area contributed by atoms with Gasteiger partial charge in [-0.3, -0.25) is 15.1 Å². The van der Waals surface area contributed by atoms with Crippen LogP contribution in [0.1, 0.15) is 13.8 Å². The van der Waals surface area contributed by atoms with Crippen LogP contribution in [0.5, 0.6) is 0 Å². The third-order valence-electron chi connectivity index (χ3n) is 2.33. The van der Waals surface area contributed by atoms with Crippen LogP contribution >= 0.6 is 0 Å². The van der Waals surface area contributed by atoms with Crippen molar-refractivity contribution in [3.8, 4) is 0 Å². The first kappa shape index (κ1) is 16.5. The summed E-state index contributed by atoms with van der Waals surface area (Å²) in [4.78, 5) is 15.1. The zero-order valence-electron chi connectivity index (χ0n) is 10.8. The number of carbonyl (C=O) groups excluding carboxylic acids is 1. The number of nitrogens with one attached hydrogen (secondary N) is 2. The van der Waals surface area contributed by atoms with Crippen molar-refractivity contribution in [2.45, 2.75) is 19.4 Å². The van der Waals surface area contributed by atoms with Crippen molar-refractivity contribution in [1.29, 1.82) is 0 Å². The summed E-state index contributed by atoms with van der Waals surface area (Å²) in [6.45, 7) is 6.17. The second-order valence-corrected chi connectivity index (χ2v) is 4.02. The largest absolute Gasteiger partial charge is 0.394 e. The minimum atomic E-state index is -0.869. The quantitative estimate of drug-likeness (QED) is 0.349. The second kappa shape index (κ2) is 8.57. The molecule has 0 unspecified atom stereocenters. The molecule has 0 spiro atoms. The molecule has 0 aliphatic carbocycles. The van der Waals surface area contributed by atoms with Crippen LogP contribution < -0.4 is 10.6 Å². The summed E-state index contributed by atoms with van der Waals surface area (Å²) in [6, 6.07) is 0. The van der Waals surface area contributed by atoms with Gasteiger partial charge >= 0.3 is 0 Å². The Balaban J connectivity index is 4.27. The van der Waals surface area contributed by atoms with Gasteiger partial charge < -0.3 is 15.5 Å². The molecule has 18 heavy (non-hydrogen) atoms. The van der Waals surface area contributed by atoms with Crippen molar-refractivity contribution >= 4 is 12.6 Å². The maximum Gasteiger partial charge on any atom is 0.238 e. The zero-order valence-corrected chi connectivity index (χ0v) is 10.8. The molecule has 102 valence electrons. The fourth-order valence-electron chi connectivity index (χ4n) is 1.00. The van der Waals surface area contributed by atoms with Gasteiger partial charge in [-0.15, -0.1) is 0 Å². The number of amides is 1. The van der Waals surface area contributed by atoms with Crippen molar-refractivity contribution in [1.82, 2.24) is 10.6 Å². The molecule has 0 aromatic carbocycles. The molecule has 0 aliphatic rings. The normalized spacial score (nSPS) is 12.8. The molecular weight excluding hydrogens is 234 g/mol. The summed E-state index contributed by atoms with van der Waals surface area (Å²) >= 11 is 0. The van der Waals surface area contributed by atoms with Gasteiger partial charge in [0, 0.05) is 11.9 Å². The Kier molecular flexibility index (Phi) is 7.86. The third-order valence-corrected chi connectivity index (χ3v) is 2.33. The first-order valence-corrected chi connectivity index (χ1v) is 5.56. The molecule has 0 saturated heterocycles. The first-order valence-electron chi connectivity index (χ1n) is 5.56. The molecule has 0 fully saturated rings. The van der Waals surface area contributed by atoms with Crippen LogP contribution in [0.25, 0.3) is 0 Å². The van der Waals surface area contributed by atoms with E-state index in [4.69, 9.17) is 10.2 Å². The van der Waals surface area contributed by atoms with Crippen molar-refractivity contribution in [2.24, 2.45) is 4.99 Å². The van der Waals surface area contributed by atoms with Crippen molar-refractivity contribution in [3.63, 3.8) is 0 Å². The summed E-state index contributed by atoms with van der Waals surface area (Å²) < 4.78 is 0. The van der Waals surface area contributed by atoms with Gasteiger partial charge in [-0.2, -0.15) is 0 Å². The molecule has 1 amide bonds. The van der Waals surface area contributed by atoms with E-state index in [0.29, 0.717) is 5.70 Å². The number of carbonyl (C=O) groups is 1. The molecular formula is C12H21N3O3. The Bertz CT molecular complexity index is 333. The highest BCUT2D eigenvalue weighted by molar-refractivity contribution is 5.80. The molecule has 6 nitrogen and oxygen atoms in total. The van der Waals surface area contributed by atoms with E-state index >= 15 is 0 Å². The standard InChI is InChI=1S/C12H21N3O3/c1-4-10(5-6-13-3)15-11(18)7-14-12(2,8-16)9-17/h4-6,14,16-17H,3,7-9H2,1-2H3,(H,15,18)/b6-5-,10-4+. The number of aliphatic hydroxyl groups excluding tert-OH is 2. The van der Waals surface area contributed by atoms with Crippen LogP contribution in [-0.4, -0.2) is 48.1 Å². The zero-order chi connectivity index (χ0) is 14.0. The van der Waals surface area contributed by atoms with E-state index in [1.165, 1.54) is 6.20 Å². The van der Waals surface area contributed by atoms with Gasteiger partial charge in [-0.05, 0) is 26.6 Å². The lowest BCUT2D eigenvalue weighted by Crippen LogP contribution is -2.52. The van der Waals surface area contributed by atoms with Crippen LogP contribution in [0.15, 0.2) is 29.0 Å². The average molecular weight is 255 g/mol. The predicted molar refractivity (Wildman–Crippen MR) is 71.2 cm³/mol. The monoisotopic (exact) mass is 255 g/mol. The minimum absolute atomic E-state index is 0.00961. The second-order valence-electron chi connectivity index (χ2n) is 4.02. The summed E-state index contributed by atoms with van der Waals surface area (Å²) in [6.07, 6.45) is 4.80. The van der Waals surface area contributed by atoms with E-state index in [0.717, 1.165) is 0 Å². The summed E-state index contributed by atoms with van der Waals surface area (Å²) in [5.74, 6) is -0.273. The van der Waals surface area contributed by atoms with Crippen LogP contribution in [0.2, 0.25) is 0 Å². The predicted octanol–water partition coefficient (Wildman–Crippen LogP) is -0.446. The SMILES string of the molecule is C=N/C=C\C(=C/C)NC(=O)CNC(C)(CO)CO. The number of rotatable bonds is 8. The maximum atomic E-state index is 11.6. The van der Waals surface area contributed by atoms with Crippen molar-refractivity contribution < 1.29 is 15.0 Å². The number of hydrogen-bond acceptors (Lipinski definition) is 5. The van der Waals surface area contributed by atoms with Gasteiger partial charge in [0.2, 0.25) is 5.91 Å². The molecule has 0 heterocycles. The van der Waals surface area contributed by atoms with Gasteiger partial charge in [-0.25, -0.2) is 0 Å². The minimum Gasteiger partial charge on any atom is -0.394 e. The summed E-state index contributed by atoms with van der Waals surface area (Å²) in [7, 11) is 0. The van der Waals surface area contributed by atoms with Gasteiger partial charge in [0.1, 0.15) is 0 Å². The fraction of sp³-hybridized carbons (Fsp3) is 0.500. The number of nitrogens with zero attached hydrogens (tertiary/aromatic N) is 1. The lowest BCUT2D eigenvalue weighted by molar-refractivity contribution is -0.120. The first-order chi connectivity index (χ1) is 8.51. The number of aliphatic hydroxyl groups is 2. The highest BCUT2D eigenvalue weighted by Crippen LogP contribution is 1.99. The molecule has 0 aromatic rings. The molecule has 0 radical (unpaired) electrons. The van der Waals surface area contributed by atoms with Crippen LogP contribution in [0.3, 0.4) is 0 Å². The molecule has 0 aromatic heterocycles. The summed E-state index contributed by atoms with van der Waals surface area (Å²) in [5.41, 5.74) is -0.268. The van der Waals surface area contributed by atoms with Crippen LogP contribution in [-0.2, 0) is 4.79 Å². The van der Waals surface area contributed by atoms with Crippen molar-refractivity contribution in [2.75, 3.05) is 19.8 Å². The lowest BCUT2D eigenvalue weighted by atomic mass is 10.1. The fourth-order valence-corrected chi connectivity index (χ4v) is 1.00. The number of aliphatic imine (C=N–C) groups is 1. The highest BCUT2D eigenvalue weighted by atomic mass is 16.3. The van der Waals surface area contributed by atoms with E-state index in [1.54, 1.807) is 26.0 Å². The Hall–Kier alpha value is -1.50. The van der Waals surface area contributed by atoms with Crippen molar-refractivity contribution in [3.05, 3.63) is 24.0 Å². The van der Waals surface area contributed by atoms with Gasteiger partial charge in [-0.1, -0.05) is 6.08 Å². The Morgan fingerprint density at radius 3 is 2.50 bits per heavy atom. The van der Waals surface area contributed by atoms with Gasteiger partial charge in [0.25, 0.3) is 0 Å². The van der Waals surface area contributed by atoms with E-state index < -0.39 is 5.54 Å². The molecule has 0 rings (SSSR count). The molecule has 0 aliphatic heterocycles. The smallest absolute Gasteiger partial charge is 0.238 e. The Morgan fingerprint density at radius 2 is 2.06 bits per heavy atom. The van der Waals surface area contributed by atoms with Crippen LogP contribution in [0.4, 0.5) is 0 Å². The summed E-state index contributed by atoms with van der Waals surface area (Å²) in [5, 5.41) is 23.5. The van der Waals surface area contributed by atoms with Gasteiger partial charge in [0.15, 0.2) is 0 Å².